The molecule has 0 atom stereocenters. The van der Waals surface area contributed by atoms with Gasteiger partial charge in [-0.05, 0) is 55.7 Å². The van der Waals surface area contributed by atoms with E-state index in [4.69, 9.17) is 5.26 Å². The zero-order chi connectivity index (χ0) is 13.7. The third kappa shape index (κ3) is 4.28. The van der Waals surface area contributed by atoms with E-state index in [2.05, 4.69) is 49.5 Å². The first kappa shape index (κ1) is 13.9. The Morgan fingerprint density at radius 1 is 1.16 bits per heavy atom. The molecule has 0 spiro atoms. The summed E-state index contributed by atoms with van der Waals surface area (Å²) in [5.74, 6) is 0.992. The molecule has 19 heavy (non-hydrogen) atoms. The van der Waals surface area contributed by atoms with Gasteiger partial charge in [0.1, 0.15) is 0 Å². The minimum atomic E-state index is 0.284. The summed E-state index contributed by atoms with van der Waals surface area (Å²) >= 11 is 0. The van der Waals surface area contributed by atoms with Crippen LogP contribution in [0.15, 0.2) is 24.3 Å². The van der Waals surface area contributed by atoms with Gasteiger partial charge in [0.25, 0.3) is 0 Å². The fourth-order valence-corrected chi connectivity index (χ4v) is 2.81. The first-order chi connectivity index (χ1) is 9.17. The molecule has 0 heterocycles. The molecular weight excluding hydrogens is 232 g/mol. The molecule has 1 aromatic rings. The van der Waals surface area contributed by atoms with E-state index in [9.17, 15) is 0 Å². The van der Waals surface area contributed by atoms with Gasteiger partial charge in [-0.2, -0.15) is 5.26 Å². The third-order valence-corrected chi connectivity index (χ3v) is 3.88. The molecular formula is C17H24N2. The predicted molar refractivity (Wildman–Crippen MR) is 80.0 cm³/mol. The Hall–Kier alpha value is -1.49. The second-order valence-corrected chi connectivity index (χ2v) is 6.12. The van der Waals surface area contributed by atoms with Gasteiger partial charge in [-0.3, -0.25) is 0 Å². The van der Waals surface area contributed by atoms with Crippen LogP contribution in [0.2, 0.25) is 0 Å². The second kappa shape index (κ2) is 6.61. The molecule has 2 rings (SSSR count). The smallest absolute Gasteiger partial charge is 0.0655 e. The third-order valence-electron chi connectivity index (χ3n) is 3.88. The van der Waals surface area contributed by atoms with Gasteiger partial charge in [-0.15, -0.1) is 0 Å². The molecule has 1 saturated carbocycles. The number of nitrogens with one attached hydrogen (secondary N) is 1. The maximum Gasteiger partial charge on any atom is 0.0655 e. The highest BCUT2D eigenvalue weighted by Gasteiger charge is 2.20. The van der Waals surface area contributed by atoms with Crippen LogP contribution in [0.25, 0.3) is 0 Å². The zero-order valence-corrected chi connectivity index (χ0v) is 12.0. The minimum Gasteiger partial charge on any atom is -0.382 e. The van der Waals surface area contributed by atoms with Crippen molar-refractivity contribution in [3.05, 3.63) is 29.8 Å². The number of hydrogen-bond acceptors (Lipinski definition) is 2. The molecule has 1 aliphatic carbocycles. The first-order valence-corrected chi connectivity index (χ1v) is 7.42. The highest BCUT2D eigenvalue weighted by molar-refractivity contribution is 5.45. The number of anilines is 1. The molecule has 1 aromatic carbocycles. The number of nitrogens with zero attached hydrogens (tertiary/aromatic N) is 1. The van der Waals surface area contributed by atoms with Gasteiger partial charge in [0.05, 0.1) is 6.07 Å². The van der Waals surface area contributed by atoms with Crippen LogP contribution in [0.5, 0.6) is 0 Å². The molecule has 2 heteroatoms. The van der Waals surface area contributed by atoms with Crippen molar-refractivity contribution in [1.82, 2.24) is 0 Å². The van der Waals surface area contributed by atoms with Crippen molar-refractivity contribution < 1.29 is 0 Å². The van der Waals surface area contributed by atoms with Gasteiger partial charge in [-0.1, -0.05) is 26.0 Å². The van der Waals surface area contributed by atoms with Gasteiger partial charge in [0, 0.05) is 17.6 Å². The van der Waals surface area contributed by atoms with E-state index in [1.165, 1.54) is 11.3 Å². The summed E-state index contributed by atoms with van der Waals surface area (Å²) in [6.45, 7) is 4.50. The summed E-state index contributed by atoms with van der Waals surface area (Å²) in [6, 6.07) is 11.8. The van der Waals surface area contributed by atoms with Crippen molar-refractivity contribution >= 4 is 5.69 Å². The predicted octanol–water partition coefficient (Wildman–Crippen LogP) is 4.38. The lowest BCUT2D eigenvalue weighted by Crippen LogP contribution is -2.25. The number of hydrogen-bond donors (Lipinski definition) is 1. The van der Waals surface area contributed by atoms with E-state index in [1.807, 2.05) is 0 Å². The van der Waals surface area contributed by atoms with E-state index in [0.717, 1.165) is 32.1 Å². The van der Waals surface area contributed by atoms with E-state index >= 15 is 0 Å². The van der Waals surface area contributed by atoms with Crippen LogP contribution in [-0.4, -0.2) is 6.04 Å². The van der Waals surface area contributed by atoms with Crippen molar-refractivity contribution in [3.8, 4) is 6.07 Å². The van der Waals surface area contributed by atoms with Crippen molar-refractivity contribution in [2.45, 2.75) is 52.0 Å². The Morgan fingerprint density at radius 3 is 2.32 bits per heavy atom. The van der Waals surface area contributed by atoms with E-state index < -0.39 is 0 Å². The van der Waals surface area contributed by atoms with Crippen molar-refractivity contribution in [2.24, 2.45) is 11.8 Å². The number of benzene rings is 1. The highest BCUT2D eigenvalue weighted by Crippen LogP contribution is 2.26. The Bertz CT molecular complexity index is 420. The van der Waals surface area contributed by atoms with Crippen LogP contribution in [-0.2, 0) is 6.42 Å². The molecule has 0 aromatic heterocycles. The molecule has 2 nitrogen and oxygen atoms in total. The normalized spacial score (nSPS) is 23.1. The Morgan fingerprint density at radius 2 is 1.79 bits per heavy atom. The SMILES string of the molecule is CC(C)Cc1ccc(NC2CCC(C#N)CC2)cc1. The number of rotatable bonds is 4. The average molecular weight is 256 g/mol. The van der Waals surface area contributed by atoms with Gasteiger partial charge in [0.15, 0.2) is 0 Å². The fraction of sp³-hybridized carbons (Fsp3) is 0.588. The summed E-state index contributed by atoms with van der Waals surface area (Å²) in [6.07, 6.45) is 5.46. The summed E-state index contributed by atoms with van der Waals surface area (Å²) in [4.78, 5) is 0. The summed E-state index contributed by atoms with van der Waals surface area (Å²) in [5, 5.41) is 12.5. The van der Waals surface area contributed by atoms with Gasteiger partial charge < -0.3 is 5.32 Å². The maximum absolute atomic E-state index is 8.90. The quantitative estimate of drug-likeness (QED) is 0.867. The standard InChI is InChI=1S/C17H24N2/c1-13(2)11-14-3-7-16(8-4-14)19-17-9-5-15(12-18)6-10-17/h3-4,7-8,13,15,17,19H,5-6,9-11H2,1-2H3. The highest BCUT2D eigenvalue weighted by atomic mass is 14.9. The van der Waals surface area contributed by atoms with Crippen molar-refractivity contribution in [3.63, 3.8) is 0 Å². The lowest BCUT2D eigenvalue weighted by molar-refractivity contribution is 0.397. The second-order valence-electron chi connectivity index (χ2n) is 6.12. The molecule has 0 bridgehead atoms. The Kier molecular flexibility index (Phi) is 4.85. The zero-order valence-electron chi connectivity index (χ0n) is 12.0. The molecule has 0 unspecified atom stereocenters. The molecule has 1 fully saturated rings. The van der Waals surface area contributed by atoms with Crippen LogP contribution in [0.3, 0.4) is 0 Å². The van der Waals surface area contributed by atoms with Crippen LogP contribution in [0.4, 0.5) is 5.69 Å². The number of nitriles is 1. The van der Waals surface area contributed by atoms with Crippen LogP contribution in [0, 0.1) is 23.2 Å². The summed E-state index contributed by atoms with van der Waals surface area (Å²) in [7, 11) is 0. The minimum absolute atomic E-state index is 0.284. The fourth-order valence-electron chi connectivity index (χ4n) is 2.81. The topological polar surface area (TPSA) is 35.8 Å². The lowest BCUT2D eigenvalue weighted by atomic mass is 9.87. The van der Waals surface area contributed by atoms with Gasteiger partial charge in [0.2, 0.25) is 0 Å². The average Bonchev–Trinajstić information content (AvgIpc) is 2.41. The molecule has 0 amide bonds. The van der Waals surface area contributed by atoms with E-state index in [1.54, 1.807) is 0 Å². The van der Waals surface area contributed by atoms with Gasteiger partial charge in [-0.25, -0.2) is 0 Å². The molecule has 0 radical (unpaired) electrons. The van der Waals surface area contributed by atoms with E-state index in [0.29, 0.717) is 12.0 Å². The van der Waals surface area contributed by atoms with Crippen molar-refractivity contribution in [1.29, 1.82) is 5.26 Å². The van der Waals surface area contributed by atoms with Crippen LogP contribution >= 0.6 is 0 Å². The molecule has 102 valence electrons. The lowest BCUT2D eigenvalue weighted by Gasteiger charge is -2.26. The monoisotopic (exact) mass is 256 g/mol. The Balaban J connectivity index is 1.85. The Labute approximate surface area is 116 Å². The van der Waals surface area contributed by atoms with Gasteiger partial charge >= 0.3 is 0 Å². The largest absolute Gasteiger partial charge is 0.382 e. The van der Waals surface area contributed by atoms with Crippen LogP contribution in [0.1, 0.15) is 45.1 Å². The van der Waals surface area contributed by atoms with E-state index in [-0.39, 0.29) is 5.92 Å². The molecule has 0 saturated heterocycles. The van der Waals surface area contributed by atoms with Crippen LogP contribution < -0.4 is 5.32 Å². The van der Waals surface area contributed by atoms with Crippen molar-refractivity contribution in [2.75, 3.05) is 5.32 Å². The summed E-state index contributed by atoms with van der Waals surface area (Å²) in [5.41, 5.74) is 2.63. The first-order valence-electron chi connectivity index (χ1n) is 7.42. The molecule has 0 aliphatic heterocycles. The summed E-state index contributed by atoms with van der Waals surface area (Å²) < 4.78 is 0. The molecule has 1 aliphatic rings. The molecule has 1 N–H and O–H groups in total. The maximum atomic E-state index is 8.90.